The number of rotatable bonds is 6. The van der Waals surface area contributed by atoms with Gasteiger partial charge in [-0.15, -0.1) is 0 Å². The largest absolute Gasteiger partial charge is 0.354 e. The van der Waals surface area contributed by atoms with Crippen LogP contribution in [0.2, 0.25) is 0 Å². The second-order valence-corrected chi connectivity index (χ2v) is 4.54. The number of hydrogen-bond acceptors (Lipinski definition) is 2. The minimum atomic E-state index is 0.465. The van der Waals surface area contributed by atoms with Gasteiger partial charge >= 0.3 is 0 Å². The molecular weight excluding hydrogens is 222 g/mol. The van der Waals surface area contributed by atoms with E-state index in [1.807, 2.05) is 19.4 Å². The second kappa shape index (κ2) is 6.36. The zero-order valence-corrected chi connectivity index (χ0v) is 11.1. The molecule has 0 aromatic carbocycles. The summed E-state index contributed by atoms with van der Waals surface area (Å²) in [6, 6.07) is 6.82. The quantitative estimate of drug-likeness (QED) is 0.845. The minimum Gasteiger partial charge on any atom is -0.354 e. The van der Waals surface area contributed by atoms with E-state index in [4.69, 9.17) is 0 Å². The summed E-state index contributed by atoms with van der Waals surface area (Å²) in [5.41, 5.74) is 2.70. The Morgan fingerprint density at radius 2 is 2.06 bits per heavy atom. The number of nitrogens with zero attached hydrogens (tertiary/aromatic N) is 2. The van der Waals surface area contributed by atoms with Gasteiger partial charge in [-0.2, -0.15) is 0 Å². The highest BCUT2D eigenvalue weighted by molar-refractivity contribution is 5.16. The molecule has 0 spiro atoms. The van der Waals surface area contributed by atoms with Crippen LogP contribution in [0.4, 0.5) is 0 Å². The van der Waals surface area contributed by atoms with Crippen molar-refractivity contribution in [3.63, 3.8) is 0 Å². The first kappa shape index (κ1) is 12.8. The summed E-state index contributed by atoms with van der Waals surface area (Å²) in [5.74, 6) is 0. The van der Waals surface area contributed by atoms with Crippen LogP contribution < -0.4 is 5.32 Å². The van der Waals surface area contributed by atoms with E-state index in [9.17, 15) is 0 Å². The Balaban J connectivity index is 1.95. The van der Waals surface area contributed by atoms with Crippen molar-refractivity contribution in [2.75, 3.05) is 7.05 Å². The van der Waals surface area contributed by atoms with Crippen molar-refractivity contribution in [1.29, 1.82) is 0 Å². The Morgan fingerprint density at radius 3 is 2.72 bits per heavy atom. The molecule has 0 aliphatic heterocycles. The summed E-state index contributed by atoms with van der Waals surface area (Å²) in [7, 11) is 2.02. The molecule has 18 heavy (non-hydrogen) atoms. The number of aromatic nitrogens is 2. The average Bonchev–Trinajstić information content (AvgIpc) is 2.88. The fourth-order valence-electron chi connectivity index (χ4n) is 2.22. The van der Waals surface area contributed by atoms with Gasteiger partial charge in [0.15, 0.2) is 0 Å². The van der Waals surface area contributed by atoms with Crippen molar-refractivity contribution in [2.45, 2.75) is 32.4 Å². The first-order valence-corrected chi connectivity index (χ1v) is 6.55. The Labute approximate surface area is 109 Å². The lowest BCUT2D eigenvalue weighted by atomic mass is 10.1. The molecule has 1 N–H and O–H groups in total. The van der Waals surface area contributed by atoms with E-state index < -0.39 is 0 Å². The topological polar surface area (TPSA) is 29.9 Å². The molecule has 0 saturated carbocycles. The van der Waals surface area contributed by atoms with Gasteiger partial charge < -0.3 is 9.88 Å². The lowest BCUT2D eigenvalue weighted by molar-refractivity contribution is 0.574. The van der Waals surface area contributed by atoms with Crippen LogP contribution in [0.3, 0.4) is 0 Å². The maximum atomic E-state index is 4.03. The zero-order valence-electron chi connectivity index (χ0n) is 11.1. The molecule has 1 unspecified atom stereocenters. The van der Waals surface area contributed by atoms with Gasteiger partial charge in [0.25, 0.3) is 0 Å². The van der Waals surface area contributed by atoms with E-state index in [0.29, 0.717) is 6.04 Å². The molecule has 2 heterocycles. The Morgan fingerprint density at radius 1 is 1.28 bits per heavy atom. The molecular formula is C15H21N3. The number of nitrogens with one attached hydrogen (secondary N) is 1. The first-order valence-electron chi connectivity index (χ1n) is 6.55. The summed E-state index contributed by atoms with van der Waals surface area (Å²) >= 11 is 0. The maximum absolute atomic E-state index is 4.03. The van der Waals surface area contributed by atoms with Gasteiger partial charge in [0, 0.05) is 37.4 Å². The zero-order chi connectivity index (χ0) is 12.8. The minimum absolute atomic E-state index is 0.465. The standard InChI is InChI=1S/C15H21N3/c1-3-15(16-2)14-7-11-18(12-14)10-6-13-4-8-17-9-5-13/h4-5,7-9,11-12,15-16H,3,6,10H2,1-2H3. The van der Waals surface area contributed by atoms with Gasteiger partial charge in [0.2, 0.25) is 0 Å². The van der Waals surface area contributed by atoms with Crippen LogP contribution in [0.15, 0.2) is 43.0 Å². The van der Waals surface area contributed by atoms with E-state index in [1.54, 1.807) is 0 Å². The molecule has 0 bridgehead atoms. The molecule has 0 radical (unpaired) electrons. The highest BCUT2D eigenvalue weighted by Crippen LogP contribution is 2.16. The van der Waals surface area contributed by atoms with Gasteiger partial charge in [-0.25, -0.2) is 0 Å². The van der Waals surface area contributed by atoms with E-state index in [1.165, 1.54) is 11.1 Å². The van der Waals surface area contributed by atoms with E-state index in [2.05, 4.69) is 52.4 Å². The molecule has 2 aromatic heterocycles. The number of aryl methyl sites for hydroxylation is 2. The molecule has 3 nitrogen and oxygen atoms in total. The van der Waals surface area contributed by atoms with Crippen molar-refractivity contribution in [2.24, 2.45) is 0 Å². The van der Waals surface area contributed by atoms with E-state index in [-0.39, 0.29) is 0 Å². The smallest absolute Gasteiger partial charge is 0.0329 e. The molecule has 0 amide bonds. The molecule has 2 aromatic rings. The van der Waals surface area contributed by atoms with Crippen LogP contribution in [0, 0.1) is 0 Å². The van der Waals surface area contributed by atoms with Crippen molar-refractivity contribution in [1.82, 2.24) is 14.9 Å². The number of pyridine rings is 1. The van der Waals surface area contributed by atoms with Gasteiger partial charge in [0.1, 0.15) is 0 Å². The average molecular weight is 243 g/mol. The van der Waals surface area contributed by atoms with Gasteiger partial charge in [0.05, 0.1) is 0 Å². The van der Waals surface area contributed by atoms with Crippen molar-refractivity contribution in [3.8, 4) is 0 Å². The predicted octanol–water partition coefficient (Wildman–Crippen LogP) is 2.80. The normalized spacial score (nSPS) is 12.6. The van der Waals surface area contributed by atoms with Crippen LogP contribution in [-0.4, -0.2) is 16.6 Å². The van der Waals surface area contributed by atoms with Crippen LogP contribution in [-0.2, 0) is 13.0 Å². The van der Waals surface area contributed by atoms with Crippen molar-refractivity contribution in [3.05, 3.63) is 54.1 Å². The molecule has 0 fully saturated rings. The molecule has 0 aliphatic carbocycles. The van der Waals surface area contributed by atoms with E-state index in [0.717, 1.165) is 19.4 Å². The van der Waals surface area contributed by atoms with Gasteiger partial charge in [-0.05, 0) is 49.2 Å². The Hall–Kier alpha value is -1.61. The molecule has 96 valence electrons. The summed E-state index contributed by atoms with van der Waals surface area (Å²) in [5, 5.41) is 3.33. The number of hydrogen-bond donors (Lipinski definition) is 1. The third kappa shape index (κ3) is 3.20. The summed E-state index contributed by atoms with van der Waals surface area (Å²) in [6.07, 6.45) is 10.3. The van der Waals surface area contributed by atoms with Crippen LogP contribution in [0.25, 0.3) is 0 Å². The monoisotopic (exact) mass is 243 g/mol. The van der Waals surface area contributed by atoms with Crippen molar-refractivity contribution < 1.29 is 0 Å². The molecule has 2 rings (SSSR count). The second-order valence-electron chi connectivity index (χ2n) is 4.54. The highest BCUT2D eigenvalue weighted by atomic mass is 14.9. The molecule has 0 aliphatic rings. The summed E-state index contributed by atoms with van der Waals surface area (Å²) in [6.45, 7) is 3.22. The molecule has 0 saturated heterocycles. The van der Waals surface area contributed by atoms with E-state index >= 15 is 0 Å². The van der Waals surface area contributed by atoms with Gasteiger partial charge in [-0.3, -0.25) is 4.98 Å². The maximum Gasteiger partial charge on any atom is 0.0329 e. The van der Waals surface area contributed by atoms with Crippen LogP contribution in [0.5, 0.6) is 0 Å². The lowest BCUT2D eigenvalue weighted by Crippen LogP contribution is -2.14. The third-order valence-corrected chi connectivity index (χ3v) is 3.34. The lowest BCUT2D eigenvalue weighted by Gasteiger charge is -2.11. The first-order chi connectivity index (χ1) is 8.83. The SMILES string of the molecule is CCC(NC)c1ccn(CCc2ccncc2)c1. The Kier molecular flexibility index (Phi) is 4.53. The van der Waals surface area contributed by atoms with Crippen LogP contribution in [0.1, 0.15) is 30.5 Å². The predicted molar refractivity (Wildman–Crippen MR) is 74.5 cm³/mol. The summed E-state index contributed by atoms with van der Waals surface area (Å²) in [4.78, 5) is 4.03. The fourth-order valence-corrected chi connectivity index (χ4v) is 2.22. The molecule has 1 atom stereocenters. The van der Waals surface area contributed by atoms with Gasteiger partial charge in [-0.1, -0.05) is 6.92 Å². The highest BCUT2D eigenvalue weighted by Gasteiger charge is 2.07. The van der Waals surface area contributed by atoms with Crippen molar-refractivity contribution >= 4 is 0 Å². The molecule has 3 heteroatoms. The third-order valence-electron chi connectivity index (χ3n) is 3.34. The fraction of sp³-hybridized carbons (Fsp3) is 0.400. The van der Waals surface area contributed by atoms with Crippen LogP contribution >= 0.6 is 0 Å². The Bertz CT molecular complexity index is 458. The summed E-state index contributed by atoms with van der Waals surface area (Å²) < 4.78 is 2.26.